The van der Waals surface area contributed by atoms with Crippen LogP contribution in [-0.4, -0.2) is 0 Å². The van der Waals surface area contributed by atoms with E-state index in [9.17, 15) is 0 Å². The molecule has 5 aromatic heterocycles. The van der Waals surface area contributed by atoms with Crippen LogP contribution >= 0.6 is 0 Å². The maximum atomic E-state index is 2.44. The molecule has 5 nitrogen and oxygen atoms in total. The van der Waals surface area contributed by atoms with E-state index in [0.29, 0.717) is 17.8 Å². The second kappa shape index (κ2) is 35.9. The Bertz CT molecular complexity index is 4330. The molecule has 3 aliphatic carbocycles. The molecule has 0 N–H and O–H groups in total. The van der Waals surface area contributed by atoms with Crippen LogP contribution in [0.3, 0.4) is 0 Å². The van der Waals surface area contributed by atoms with Crippen molar-refractivity contribution in [1.29, 1.82) is 0 Å². The van der Waals surface area contributed by atoms with Gasteiger partial charge in [-0.3, -0.25) is 0 Å². The lowest BCUT2D eigenvalue weighted by Gasteiger charge is -2.14. The molecule has 5 heterocycles. The first-order valence-corrected chi connectivity index (χ1v) is 38.3. The highest BCUT2D eigenvalue weighted by Crippen LogP contribution is 2.39. The summed E-state index contributed by atoms with van der Waals surface area (Å²) in [5.74, 6) is 4.41. The molecule has 3 aliphatic rings. The third-order valence-electron chi connectivity index (χ3n) is 21.7. The van der Waals surface area contributed by atoms with E-state index in [-0.39, 0.29) is 0 Å². The Labute approximate surface area is 606 Å². The van der Waals surface area contributed by atoms with Crippen LogP contribution in [0.15, 0.2) is 189 Å². The second-order valence-corrected chi connectivity index (χ2v) is 31.4. The molecule has 0 aliphatic heterocycles. The Hall–Kier alpha value is -8.15. The molecular formula is C95H124N5+5. The molecule has 3 fully saturated rings. The number of hydrogen-bond acceptors (Lipinski definition) is 0. The van der Waals surface area contributed by atoms with Crippen LogP contribution < -0.4 is 22.8 Å². The average Bonchev–Trinajstić information content (AvgIpc) is 1.23. The number of hydrogen-bond donors (Lipinski definition) is 0. The fourth-order valence-corrected chi connectivity index (χ4v) is 16.1. The summed E-state index contributed by atoms with van der Waals surface area (Å²) in [7, 11) is 10.8. The van der Waals surface area contributed by atoms with Gasteiger partial charge >= 0.3 is 0 Å². The van der Waals surface area contributed by atoms with Gasteiger partial charge in [-0.05, 0) is 235 Å². The van der Waals surface area contributed by atoms with Gasteiger partial charge in [-0.15, -0.1) is 0 Å². The van der Waals surface area contributed by atoms with Gasteiger partial charge in [0.05, 0.1) is 0 Å². The highest BCUT2D eigenvalue weighted by Gasteiger charge is 2.27. The zero-order valence-electron chi connectivity index (χ0n) is 65.2. The van der Waals surface area contributed by atoms with Crippen molar-refractivity contribution in [1.82, 2.24) is 0 Å². The lowest BCUT2D eigenvalue weighted by Crippen LogP contribution is -2.32. The molecule has 5 heteroatoms. The van der Waals surface area contributed by atoms with Crippen molar-refractivity contribution < 1.29 is 22.8 Å². The number of rotatable bonds is 14. The first-order valence-electron chi connectivity index (χ1n) is 38.3. The molecule has 3 saturated carbocycles. The minimum Gasteiger partial charge on any atom is -0.201 e. The Morgan fingerprint density at radius 3 is 1.02 bits per heavy atom. The van der Waals surface area contributed by atoms with E-state index in [1.54, 1.807) is 11.1 Å². The van der Waals surface area contributed by atoms with Crippen LogP contribution in [0.4, 0.5) is 0 Å². The van der Waals surface area contributed by atoms with Crippen molar-refractivity contribution in [3.63, 3.8) is 0 Å². The molecule has 524 valence electrons. The topological polar surface area (TPSA) is 19.4 Å². The number of nitrogens with zero attached hydrogens (tertiary/aromatic N) is 5. The summed E-state index contributed by atoms with van der Waals surface area (Å²) in [6.45, 7) is 31.5. The molecule has 0 bridgehead atoms. The summed E-state index contributed by atoms with van der Waals surface area (Å²) in [6, 6.07) is 57.5. The van der Waals surface area contributed by atoms with Crippen LogP contribution in [-0.2, 0) is 54.5 Å². The molecule has 0 radical (unpaired) electrons. The minimum atomic E-state index is 0.684. The molecule has 0 spiro atoms. The van der Waals surface area contributed by atoms with Crippen LogP contribution in [0.2, 0.25) is 0 Å². The average molecular weight is 1340 g/mol. The van der Waals surface area contributed by atoms with E-state index in [1.807, 2.05) is 0 Å². The van der Waals surface area contributed by atoms with Gasteiger partial charge in [0.1, 0.15) is 35.2 Å². The van der Waals surface area contributed by atoms with Crippen molar-refractivity contribution in [3.05, 3.63) is 267 Å². The fraction of sp³-hybridized carbons (Fsp3) is 0.421. The number of aromatic nitrogens is 5. The normalized spacial score (nSPS) is 13.9. The van der Waals surface area contributed by atoms with Gasteiger partial charge in [-0.25, -0.2) is 22.8 Å². The fourth-order valence-electron chi connectivity index (χ4n) is 16.1. The maximum Gasteiger partial charge on any atom is 0.212 e. The first-order chi connectivity index (χ1) is 47.9. The number of benzene rings is 5. The largest absolute Gasteiger partial charge is 0.212 e. The van der Waals surface area contributed by atoms with Gasteiger partial charge in [0.2, 0.25) is 28.5 Å². The molecule has 100 heavy (non-hydrogen) atoms. The predicted octanol–water partition coefficient (Wildman–Crippen LogP) is 21.9. The van der Waals surface area contributed by atoms with E-state index in [1.165, 1.54) is 200 Å². The summed E-state index contributed by atoms with van der Waals surface area (Å²) in [5.41, 5.74) is 33.4. The monoisotopic (exact) mass is 1330 g/mol. The number of pyridine rings is 5. The van der Waals surface area contributed by atoms with Crippen LogP contribution in [0, 0.1) is 73.1 Å². The van der Waals surface area contributed by atoms with Gasteiger partial charge in [0.25, 0.3) is 0 Å². The lowest BCUT2D eigenvalue weighted by atomic mass is 9.92. The standard InChI is InChI=1S/C21H30N.2C19H24N.C18H22N.C18H24N/c1-15(2)11-18-13-21(20-10-8-7-9-17(20)5)22(6)14-19(18)12-16(3)4;1-14-8-4-7-11-17(14)19-12-18(15(2)13-20(19)3)16-9-5-6-10-16;1-14-8-4-7-11-17(14)19-12-15(2)18(13-20(19)3)16-9-5-6-10-16;1-14-7-3-6-10-17(14)18-13-16(11-12-19(18)2)15-8-4-5-9-15;1-13(2)10-16-12-19(5)18(11-15(16)4)17-9-7-6-8-14(17)3/h7-10,13-16H,11-12H2,1-6H3;2*4,7-8,11-13,16H,5-6,9-10H2,1-3H3;3,6-7,10-13,15H,4-5,8-9H2,1-2H3;6-9,11-13H,10H2,1-5H3/q5*+1. The summed E-state index contributed by atoms with van der Waals surface area (Å²) in [5, 5.41) is 0. The minimum absolute atomic E-state index is 0.684. The van der Waals surface area contributed by atoms with Crippen molar-refractivity contribution in [2.45, 2.75) is 211 Å². The molecular weight excluding hydrogens is 1210 g/mol. The predicted molar refractivity (Wildman–Crippen MR) is 422 cm³/mol. The summed E-state index contributed by atoms with van der Waals surface area (Å²) < 4.78 is 11.4. The van der Waals surface area contributed by atoms with Gasteiger partial charge in [-0.1, -0.05) is 171 Å². The van der Waals surface area contributed by atoms with Gasteiger partial charge in [-0.2, -0.15) is 0 Å². The van der Waals surface area contributed by atoms with Crippen molar-refractivity contribution in [2.24, 2.45) is 53.0 Å². The lowest BCUT2D eigenvalue weighted by molar-refractivity contribution is -0.661. The van der Waals surface area contributed by atoms with E-state index in [0.717, 1.165) is 37.0 Å². The van der Waals surface area contributed by atoms with Crippen molar-refractivity contribution >= 4 is 0 Å². The third kappa shape index (κ3) is 19.9. The summed E-state index contributed by atoms with van der Waals surface area (Å²) in [6.07, 6.45) is 31.5. The molecule has 10 aromatic rings. The van der Waals surface area contributed by atoms with Gasteiger partial charge < -0.3 is 0 Å². The number of aryl methyl sites for hydroxylation is 13. The van der Waals surface area contributed by atoms with Crippen molar-refractivity contribution in [2.75, 3.05) is 0 Å². The quantitative estimate of drug-likeness (QED) is 0.0967. The Balaban J connectivity index is 0.000000146. The van der Waals surface area contributed by atoms with E-state index in [4.69, 9.17) is 0 Å². The molecule has 5 aromatic carbocycles. The zero-order chi connectivity index (χ0) is 71.7. The maximum absolute atomic E-state index is 2.44. The van der Waals surface area contributed by atoms with E-state index >= 15 is 0 Å². The molecule has 13 rings (SSSR count). The Kier molecular flexibility index (Phi) is 27.3. The van der Waals surface area contributed by atoms with E-state index < -0.39 is 0 Å². The summed E-state index contributed by atoms with van der Waals surface area (Å²) in [4.78, 5) is 0. The molecule has 0 saturated heterocycles. The molecule has 0 amide bonds. The van der Waals surface area contributed by atoms with Crippen LogP contribution in [0.25, 0.3) is 56.3 Å². The van der Waals surface area contributed by atoms with Crippen LogP contribution in [0.1, 0.15) is 214 Å². The SMILES string of the molecule is Cc1cc(-c2ccccc2C)[n+](C)cc1CC(C)C.Cc1ccccc1-c1cc(C)c(C2CCCC2)c[n+]1C.Cc1ccccc1-c1cc(C2CCCC2)c(C)c[n+]1C.Cc1ccccc1-c1cc(C2CCCC2)cc[n+]1C.Cc1ccccc1-c1cc(CC(C)C)c(CC(C)C)c[n+]1C. The third-order valence-corrected chi connectivity index (χ3v) is 21.7. The molecule has 0 unspecified atom stereocenters. The second-order valence-electron chi connectivity index (χ2n) is 31.4. The smallest absolute Gasteiger partial charge is 0.201 e. The Morgan fingerprint density at radius 1 is 0.280 bits per heavy atom. The highest BCUT2D eigenvalue weighted by atomic mass is 14.9. The first kappa shape index (κ1) is 76.0. The zero-order valence-corrected chi connectivity index (χ0v) is 65.2. The van der Waals surface area contributed by atoms with Crippen LogP contribution in [0.5, 0.6) is 0 Å². The van der Waals surface area contributed by atoms with Crippen molar-refractivity contribution in [3.8, 4) is 56.3 Å². The van der Waals surface area contributed by atoms with Gasteiger partial charge in [0, 0.05) is 86.5 Å². The van der Waals surface area contributed by atoms with Gasteiger partial charge in [0.15, 0.2) is 31.0 Å². The highest BCUT2D eigenvalue weighted by molar-refractivity contribution is 5.65. The molecule has 0 atom stereocenters. The van der Waals surface area contributed by atoms with E-state index in [2.05, 4.69) is 344 Å². The Morgan fingerprint density at radius 2 is 0.600 bits per heavy atom. The summed E-state index contributed by atoms with van der Waals surface area (Å²) >= 11 is 0.